The monoisotopic (exact) mass is 240 g/mol. The van der Waals surface area contributed by atoms with Gasteiger partial charge in [-0.1, -0.05) is 27.2 Å². The molecule has 17 heavy (non-hydrogen) atoms. The summed E-state index contributed by atoms with van der Waals surface area (Å²) in [6, 6.07) is 0.734. The fourth-order valence-corrected chi connectivity index (χ4v) is 3.12. The van der Waals surface area contributed by atoms with Gasteiger partial charge in [-0.25, -0.2) is 0 Å². The van der Waals surface area contributed by atoms with Crippen LogP contribution in [-0.2, 0) is 0 Å². The van der Waals surface area contributed by atoms with Crippen molar-refractivity contribution < 1.29 is 0 Å². The minimum absolute atomic E-state index is 0.734. The Morgan fingerprint density at radius 1 is 1.18 bits per heavy atom. The standard InChI is InChI=1S/C15H32N2/c1-6-16-15(9-10-17(4)5)14-8-7-12(2)13(3)11-14/h12-16H,6-11H2,1-5H3. The molecule has 1 N–H and O–H groups in total. The second-order valence-corrected chi connectivity index (χ2v) is 6.28. The van der Waals surface area contributed by atoms with Crippen molar-refractivity contribution >= 4 is 0 Å². The zero-order chi connectivity index (χ0) is 12.8. The van der Waals surface area contributed by atoms with Crippen molar-refractivity contribution in [2.45, 2.75) is 52.5 Å². The van der Waals surface area contributed by atoms with Gasteiger partial charge in [-0.05, 0) is 64.2 Å². The predicted molar refractivity (Wildman–Crippen MR) is 76.3 cm³/mol. The van der Waals surface area contributed by atoms with Gasteiger partial charge in [0.2, 0.25) is 0 Å². The van der Waals surface area contributed by atoms with Gasteiger partial charge >= 0.3 is 0 Å². The van der Waals surface area contributed by atoms with Crippen molar-refractivity contribution in [3.05, 3.63) is 0 Å². The Balaban J connectivity index is 2.45. The van der Waals surface area contributed by atoms with E-state index in [-0.39, 0.29) is 0 Å². The molecule has 0 bridgehead atoms. The van der Waals surface area contributed by atoms with Crippen LogP contribution in [0, 0.1) is 17.8 Å². The fourth-order valence-electron chi connectivity index (χ4n) is 3.12. The molecule has 1 saturated carbocycles. The Bertz CT molecular complexity index is 203. The highest BCUT2D eigenvalue weighted by Crippen LogP contribution is 2.35. The Morgan fingerprint density at radius 2 is 1.88 bits per heavy atom. The van der Waals surface area contributed by atoms with Crippen LogP contribution in [0.5, 0.6) is 0 Å². The molecular formula is C15H32N2. The third kappa shape index (κ3) is 4.97. The van der Waals surface area contributed by atoms with E-state index in [4.69, 9.17) is 0 Å². The fraction of sp³-hybridized carbons (Fsp3) is 1.00. The van der Waals surface area contributed by atoms with Crippen LogP contribution in [-0.4, -0.2) is 38.1 Å². The first-order valence-electron chi connectivity index (χ1n) is 7.42. The first kappa shape index (κ1) is 15.0. The Morgan fingerprint density at radius 3 is 2.41 bits per heavy atom. The van der Waals surface area contributed by atoms with Crippen molar-refractivity contribution in [1.29, 1.82) is 0 Å². The minimum atomic E-state index is 0.734. The van der Waals surface area contributed by atoms with Crippen LogP contribution in [0.4, 0.5) is 0 Å². The molecule has 0 saturated heterocycles. The van der Waals surface area contributed by atoms with Crippen LogP contribution in [0.1, 0.15) is 46.5 Å². The van der Waals surface area contributed by atoms with Crippen LogP contribution >= 0.6 is 0 Å². The van der Waals surface area contributed by atoms with Gasteiger partial charge in [0, 0.05) is 6.04 Å². The second kappa shape index (κ2) is 7.38. The Kier molecular flexibility index (Phi) is 6.50. The molecule has 4 unspecified atom stereocenters. The van der Waals surface area contributed by atoms with E-state index in [1.54, 1.807) is 0 Å². The predicted octanol–water partition coefficient (Wildman–Crippen LogP) is 2.99. The smallest absolute Gasteiger partial charge is 0.0107 e. The average Bonchev–Trinajstić information content (AvgIpc) is 2.28. The third-order valence-electron chi connectivity index (χ3n) is 4.56. The lowest BCUT2D eigenvalue weighted by atomic mass is 9.72. The summed E-state index contributed by atoms with van der Waals surface area (Å²) in [5.41, 5.74) is 0. The molecule has 0 amide bonds. The summed E-state index contributed by atoms with van der Waals surface area (Å²) in [6.07, 6.45) is 5.57. The maximum Gasteiger partial charge on any atom is 0.0107 e. The highest BCUT2D eigenvalue weighted by molar-refractivity contribution is 4.84. The van der Waals surface area contributed by atoms with Crippen LogP contribution in [0.25, 0.3) is 0 Å². The van der Waals surface area contributed by atoms with Gasteiger partial charge in [0.15, 0.2) is 0 Å². The molecule has 102 valence electrons. The molecule has 0 spiro atoms. The van der Waals surface area contributed by atoms with E-state index in [2.05, 4.69) is 45.1 Å². The van der Waals surface area contributed by atoms with Crippen LogP contribution in [0.15, 0.2) is 0 Å². The second-order valence-electron chi connectivity index (χ2n) is 6.28. The third-order valence-corrected chi connectivity index (χ3v) is 4.56. The lowest BCUT2D eigenvalue weighted by Crippen LogP contribution is -2.41. The maximum absolute atomic E-state index is 3.72. The van der Waals surface area contributed by atoms with Crippen molar-refractivity contribution in [3.8, 4) is 0 Å². The summed E-state index contributed by atoms with van der Waals surface area (Å²) >= 11 is 0. The van der Waals surface area contributed by atoms with Crippen molar-refractivity contribution in [3.63, 3.8) is 0 Å². The highest BCUT2D eigenvalue weighted by Gasteiger charge is 2.29. The van der Waals surface area contributed by atoms with Gasteiger partial charge in [0.05, 0.1) is 0 Å². The van der Waals surface area contributed by atoms with E-state index in [1.165, 1.54) is 32.2 Å². The molecule has 2 nitrogen and oxygen atoms in total. The highest BCUT2D eigenvalue weighted by atomic mass is 15.1. The number of nitrogens with one attached hydrogen (secondary N) is 1. The summed E-state index contributed by atoms with van der Waals surface area (Å²) in [4.78, 5) is 2.30. The molecular weight excluding hydrogens is 208 g/mol. The summed E-state index contributed by atoms with van der Waals surface area (Å²) in [7, 11) is 4.35. The lowest BCUT2D eigenvalue weighted by molar-refractivity contribution is 0.162. The van der Waals surface area contributed by atoms with Gasteiger partial charge < -0.3 is 10.2 Å². The van der Waals surface area contributed by atoms with Crippen molar-refractivity contribution in [2.24, 2.45) is 17.8 Å². The molecule has 0 aromatic rings. The lowest BCUT2D eigenvalue weighted by Gasteiger charge is -2.37. The van der Waals surface area contributed by atoms with Crippen molar-refractivity contribution in [1.82, 2.24) is 10.2 Å². The summed E-state index contributed by atoms with van der Waals surface area (Å²) in [5.74, 6) is 2.75. The van der Waals surface area contributed by atoms with Gasteiger partial charge in [0.1, 0.15) is 0 Å². The van der Waals surface area contributed by atoms with E-state index in [1.807, 2.05) is 0 Å². The molecule has 1 rings (SSSR count). The number of hydrogen-bond donors (Lipinski definition) is 1. The van der Waals surface area contributed by atoms with Crippen LogP contribution in [0.3, 0.4) is 0 Å². The number of hydrogen-bond acceptors (Lipinski definition) is 2. The zero-order valence-electron chi connectivity index (χ0n) is 12.5. The molecule has 1 aliphatic carbocycles. The van der Waals surface area contributed by atoms with E-state index in [0.29, 0.717) is 0 Å². The first-order valence-corrected chi connectivity index (χ1v) is 7.42. The SMILES string of the molecule is CCNC(CCN(C)C)C1CCC(C)C(C)C1. The van der Waals surface area contributed by atoms with Gasteiger partial charge in [-0.15, -0.1) is 0 Å². The van der Waals surface area contributed by atoms with Crippen LogP contribution < -0.4 is 5.32 Å². The van der Waals surface area contributed by atoms with E-state index in [9.17, 15) is 0 Å². The minimum Gasteiger partial charge on any atom is -0.314 e. The van der Waals surface area contributed by atoms with E-state index < -0.39 is 0 Å². The van der Waals surface area contributed by atoms with E-state index >= 15 is 0 Å². The molecule has 0 heterocycles. The van der Waals surface area contributed by atoms with Gasteiger partial charge in [-0.3, -0.25) is 0 Å². The normalized spacial score (nSPS) is 31.8. The molecule has 0 aromatic heterocycles. The molecule has 0 aromatic carbocycles. The summed E-state index contributed by atoms with van der Waals surface area (Å²) in [6.45, 7) is 9.41. The van der Waals surface area contributed by atoms with Crippen LogP contribution in [0.2, 0.25) is 0 Å². The number of rotatable bonds is 6. The molecule has 2 heteroatoms. The topological polar surface area (TPSA) is 15.3 Å². The molecule has 0 radical (unpaired) electrons. The van der Waals surface area contributed by atoms with Gasteiger partial charge in [-0.2, -0.15) is 0 Å². The molecule has 0 aliphatic heterocycles. The summed E-state index contributed by atoms with van der Waals surface area (Å²) in [5, 5.41) is 3.72. The Hall–Kier alpha value is -0.0800. The number of nitrogens with zero attached hydrogens (tertiary/aromatic N) is 1. The molecule has 1 aliphatic rings. The molecule has 4 atom stereocenters. The quantitative estimate of drug-likeness (QED) is 0.768. The molecule has 1 fully saturated rings. The zero-order valence-corrected chi connectivity index (χ0v) is 12.5. The summed E-state index contributed by atoms with van der Waals surface area (Å²) < 4.78 is 0. The van der Waals surface area contributed by atoms with E-state index in [0.717, 1.165) is 30.3 Å². The average molecular weight is 240 g/mol. The maximum atomic E-state index is 3.72. The largest absolute Gasteiger partial charge is 0.314 e. The Labute approximate surface area is 108 Å². The van der Waals surface area contributed by atoms with Crippen molar-refractivity contribution in [2.75, 3.05) is 27.2 Å². The first-order chi connectivity index (χ1) is 8.04. The van der Waals surface area contributed by atoms with Gasteiger partial charge in [0.25, 0.3) is 0 Å².